The maximum atomic E-state index is 11.2. The minimum atomic E-state index is -0.714. The molecule has 7 heteroatoms. The topological polar surface area (TPSA) is 80.4 Å². The predicted octanol–water partition coefficient (Wildman–Crippen LogP) is 1.37. The Hall–Kier alpha value is -2.02. The molecule has 1 aliphatic heterocycles. The first-order valence-electron chi connectivity index (χ1n) is 6.43. The number of aliphatic carboxylic acids is 1. The summed E-state index contributed by atoms with van der Waals surface area (Å²) >= 11 is 1.65. The fraction of sp³-hybridized carbons (Fsp3) is 0.385. The number of carboxylic acids is 1. The van der Waals surface area contributed by atoms with Crippen molar-refractivity contribution in [1.82, 2.24) is 14.8 Å². The monoisotopic (exact) mass is 288 g/mol. The molecule has 1 N–H and O–H groups in total. The van der Waals surface area contributed by atoms with Crippen LogP contribution in [0.15, 0.2) is 4.99 Å². The van der Waals surface area contributed by atoms with Crippen molar-refractivity contribution in [3.63, 3.8) is 0 Å². The zero-order chi connectivity index (χ0) is 13.9. The van der Waals surface area contributed by atoms with Crippen LogP contribution in [0.25, 0.3) is 5.00 Å². The number of aromatic nitrogens is 3. The Balaban J connectivity index is 1.89. The largest absolute Gasteiger partial charge is 0.481 e. The maximum absolute atomic E-state index is 11.2. The van der Waals surface area contributed by atoms with Crippen LogP contribution in [0.3, 0.4) is 0 Å². The van der Waals surface area contributed by atoms with E-state index in [4.69, 9.17) is 0 Å². The van der Waals surface area contributed by atoms with Crippen molar-refractivity contribution in [2.24, 2.45) is 10.9 Å². The number of carbonyl (C=O) groups is 1. The summed E-state index contributed by atoms with van der Waals surface area (Å²) in [7, 11) is 0. The summed E-state index contributed by atoms with van der Waals surface area (Å²) in [6, 6.07) is 0. The van der Waals surface area contributed by atoms with Gasteiger partial charge in [0, 0.05) is 16.7 Å². The Kier molecular flexibility index (Phi) is 2.35. The van der Waals surface area contributed by atoms with Crippen LogP contribution >= 0.6 is 11.3 Å². The van der Waals surface area contributed by atoms with Crippen molar-refractivity contribution < 1.29 is 9.90 Å². The molecule has 0 saturated heterocycles. The Morgan fingerprint density at radius 1 is 1.45 bits per heavy atom. The highest BCUT2D eigenvalue weighted by atomic mass is 32.1. The molecular formula is C13H12N4O2S. The number of hydrogen-bond acceptors (Lipinski definition) is 5. The van der Waals surface area contributed by atoms with Gasteiger partial charge in [0.1, 0.15) is 10.8 Å². The molecule has 2 aliphatic rings. The van der Waals surface area contributed by atoms with E-state index < -0.39 is 5.97 Å². The van der Waals surface area contributed by atoms with Gasteiger partial charge >= 0.3 is 5.97 Å². The number of nitrogens with zero attached hydrogens (tertiary/aromatic N) is 4. The molecule has 0 radical (unpaired) electrons. The molecule has 0 saturated carbocycles. The van der Waals surface area contributed by atoms with E-state index in [1.54, 1.807) is 11.3 Å². The average Bonchev–Trinajstić information content (AvgIpc) is 3.01. The molecule has 1 unspecified atom stereocenters. The highest BCUT2D eigenvalue weighted by Gasteiger charge is 2.33. The van der Waals surface area contributed by atoms with Gasteiger partial charge in [0.15, 0.2) is 5.82 Å². The van der Waals surface area contributed by atoms with Crippen LogP contribution in [-0.2, 0) is 24.2 Å². The summed E-state index contributed by atoms with van der Waals surface area (Å²) in [6.07, 6.45) is 3.08. The van der Waals surface area contributed by atoms with Gasteiger partial charge < -0.3 is 5.11 Å². The second-order valence-corrected chi connectivity index (χ2v) is 6.22. The van der Waals surface area contributed by atoms with Crippen LogP contribution in [0.1, 0.15) is 27.7 Å². The lowest BCUT2D eigenvalue weighted by molar-refractivity contribution is -0.141. The van der Waals surface area contributed by atoms with E-state index >= 15 is 0 Å². The van der Waals surface area contributed by atoms with Crippen molar-refractivity contribution in [2.45, 2.75) is 26.3 Å². The van der Waals surface area contributed by atoms with Crippen molar-refractivity contribution in [3.05, 3.63) is 27.7 Å². The average molecular weight is 288 g/mol. The van der Waals surface area contributed by atoms with Crippen LogP contribution in [0.4, 0.5) is 0 Å². The standard InChI is InChI=1S/C13H12N4O2S/c1-6-15-16-11-5-14-4-9-8-2-7(13(18)19)3-10(8)20-12(9)17(6)11/h4,7H,2-3,5H2,1H3,(H,18,19). The fourth-order valence-corrected chi connectivity index (χ4v) is 4.36. The quantitative estimate of drug-likeness (QED) is 0.859. The highest BCUT2D eigenvalue weighted by molar-refractivity contribution is 7.15. The minimum Gasteiger partial charge on any atom is -0.481 e. The van der Waals surface area contributed by atoms with Gasteiger partial charge in [0.25, 0.3) is 0 Å². The lowest BCUT2D eigenvalue weighted by atomic mass is 10.1. The zero-order valence-electron chi connectivity index (χ0n) is 10.8. The first-order chi connectivity index (χ1) is 9.65. The Labute approximate surface area is 118 Å². The van der Waals surface area contributed by atoms with Crippen LogP contribution in [0, 0.1) is 12.8 Å². The van der Waals surface area contributed by atoms with Gasteiger partial charge in [0.2, 0.25) is 0 Å². The molecule has 0 bridgehead atoms. The van der Waals surface area contributed by atoms with Gasteiger partial charge in [-0.2, -0.15) is 0 Å². The Morgan fingerprint density at radius 3 is 3.10 bits per heavy atom. The maximum Gasteiger partial charge on any atom is 0.307 e. The molecule has 6 nitrogen and oxygen atoms in total. The summed E-state index contributed by atoms with van der Waals surface area (Å²) in [5.74, 6) is 0.683. The number of fused-ring (bicyclic) bond motifs is 5. The van der Waals surface area contributed by atoms with Crippen molar-refractivity contribution in [1.29, 1.82) is 0 Å². The molecule has 0 amide bonds. The first-order valence-corrected chi connectivity index (χ1v) is 7.25. The van der Waals surface area contributed by atoms with E-state index in [1.165, 1.54) is 0 Å². The third-order valence-corrected chi connectivity index (χ3v) is 5.15. The summed E-state index contributed by atoms with van der Waals surface area (Å²) in [6.45, 7) is 2.44. The number of aliphatic imine (C=N–C) groups is 1. The lowest BCUT2D eigenvalue weighted by Crippen LogP contribution is -2.13. The smallest absolute Gasteiger partial charge is 0.307 e. The summed E-state index contributed by atoms with van der Waals surface area (Å²) in [5.41, 5.74) is 2.19. The molecule has 0 fully saturated rings. The Morgan fingerprint density at radius 2 is 2.30 bits per heavy atom. The molecule has 20 heavy (non-hydrogen) atoms. The van der Waals surface area contributed by atoms with Gasteiger partial charge in [0.05, 0.1) is 12.5 Å². The predicted molar refractivity (Wildman–Crippen MR) is 73.8 cm³/mol. The second kappa shape index (κ2) is 3.99. The molecule has 2 aromatic rings. The van der Waals surface area contributed by atoms with Crippen molar-refractivity contribution in [3.8, 4) is 5.00 Å². The van der Waals surface area contributed by atoms with Crippen molar-refractivity contribution >= 4 is 23.5 Å². The van der Waals surface area contributed by atoms with Gasteiger partial charge in [-0.15, -0.1) is 21.5 Å². The number of hydrogen-bond donors (Lipinski definition) is 1. The summed E-state index contributed by atoms with van der Waals surface area (Å²) < 4.78 is 2.04. The lowest BCUT2D eigenvalue weighted by Gasteiger charge is -2.06. The molecule has 3 heterocycles. The third kappa shape index (κ3) is 1.49. The van der Waals surface area contributed by atoms with E-state index in [-0.39, 0.29) is 5.92 Å². The first kappa shape index (κ1) is 11.8. The van der Waals surface area contributed by atoms with Crippen LogP contribution < -0.4 is 0 Å². The fourth-order valence-electron chi connectivity index (χ4n) is 2.91. The minimum absolute atomic E-state index is 0.292. The number of carboxylic acid groups (broad SMARTS) is 1. The molecule has 1 atom stereocenters. The van der Waals surface area contributed by atoms with E-state index in [0.717, 1.165) is 32.7 Å². The van der Waals surface area contributed by atoms with Crippen molar-refractivity contribution in [2.75, 3.05) is 0 Å². The number of aryl methyl sites for hydroxylation is 1. The number of rotatable bonds is 1. The molecule has 4 rings (SSSR count). The van der Waals surface area contributed by atoms with Crippen LogP contribution in [-0.4, -0.2) is 32.1 Å². The normalized spacial score (nSPS) is 19.4. The van der Waals surface area contributed by atoms with E-state index in [9.17, 15) is 9.90 Å². The van der Waals surface area contributed by atoms with Crippen LogP contribution in [0.5, 0.6) is 0 Å². The van der Waals surface area contributed by atoms with Crippen LogP contribution in [0.2, 0.25) is 0 Å². The third-order valence-electron chi connectivity index (χ3n) is 3.89. The SMILES string of the molecule is Cc1nnc2n1-c1sc3c(c1C=NC2)CC(C(=O)O)C3. The number of thiophene rings is 1. The Bertz CT molecular complexity index is 759. The van der Waals surface area contributed by atoms with E-state index in [1.807, 2.05) is 17.7 Å². The molecule has 1 aliphatic carbocycles. The summed E-state index contributed by atoms with van der Waals surface area (Å²) in [5, 5.41) is 18.5. The zero-order valence-corrected chi connectivity index (χ0v) is 11.6. The van der Waals surface area contributed by atoms with E-state index in [2.05, 4.69) is 15.2 Å². The van der Waals surface area contributed by atoms with Gasteiger partial charge in [-0.25, -0.2) is 0 Å². The molecule has 0 aromatic carbocycles. The molecule has 0 spiro atoms. The molecular weight excluding hydrogens is 276 g/mol. The molecule has 102 valence electrons. The van der Waals surface area contributed by atoms with Gasteiger partial charge in [-0.3, -0.25) is 14.4 Å². The second-order valence-electron chi connectivity index (χ2n) is 5.13. The van der Waals surface area contributed by atoms with Gasteiger partial charge in [-0.05, 0) is 25.3 Å². The highest BCUT2D eigenvalue weighted by Crippen LogP contribution is 2.40. The molecule has 2 aromatic heterocycles. The summed E-state index contributed by atoms with van der Waals surface area (Å²) in [4.78, 5) is 16.7. The van der Waals surface area contributed by atoms with E-state index in [0.29, 0.717) is 19.4 Å². The van der Waals surface area contributed by atoms with Gasteiger partial charge in [-0.1, -0.05) is 0 Å².